The maximum absolute atomic E-state index is 8.28. The van der Waals surface area contributed by atoms with Crippen molar-refractivity contribution in [3.8, 4) is 0 Å². The summed E-state index contributed by atoms with van der Waals surface area (Å²) in [6.45, 7) is 0.477. The van der Waals surface area contributed by atoms with Gasteiger partial charge in [0.1, 0.15) is 0 Å². The fourth-order valence-electron chi connectivity index (χ4n) is 0.963. The van der Waals surface area contributed by atoms with Crippen molar-refractivity contribution < 1.29 is 0 Å². The maximum atomic E-state index is 8.28. The van der Waals surface area contributed by atoms with Gasteiger partial charge in [0.25, 0.3) is 0 Å². The molecule has 0 atom stereocenters. The first-order valence-corrected chi connectivity index (χ1v) is 3.89. The number of nitrogens with two attached hydrogens (primary N) is 1. The zero-order chi connectivity index (χ0) is 9.52. The number of azide groups is 1. The lowest BCUT2D eigenvalue weighted by Gasteiger charge is -1.96. The highest BCUT2D eigenvalue weighted by Crippen LogP contribution is 2.19. The average molecular weight is 174 g/mol. The molecule has 1 aromatic carbocycles. The van der Waals surface area contributed by atoms with Gasteiger partial charge in [-0.1, -0.05) is 41.5 Å². The van der Waals surface area contributed by atoms with Crippen molar-refractivity contribution in [2.75, 3.05) is 6.54 Å². The first kappa shape index (κ1) is 9.32. The van der Waals surface area contributed by atoms with E-state index in [1.807, 2.05) is 30.4 Å². The summed E-state index contributed by atoms with van der Waals surface area (Å²) in [5.41, 5.74) is 15.1. The molecule has 0 unspecified atom stereocenters. The second kappa shape index (κ2) is 4.98. The summed E-state index contributed by atoms with van der Waals surface area (Å²) >= 11 is 0. The molecule has 4 nitrogen and oxygen atoms in total. The summed E-state index contributed by atoms with van der Waals surface area (Å²) in [6, 6.07) is 7.34. The predicted molar refractivity (Wildman–Crippen MR) is 53.3 cm³/mol. The molecule has 0 aliphatic carbocycles. The van der Waals surface area contributed by atoms with Gasteiger partial charge in [-0.05, 0) is 11.1 Å². The second-order valence-corrected chi connectivity index (χ2v) is 2.39. The average Bonchev–Trinajstić information content (AvgIpc) is 2.17. The molecule has 0 aliphatic heterocycles. The van der Waals surface area contributed by atoms with Crippen LogP contribution in [0, 0.1) is 0 Å². The Morgan fingerprint density at radius 3 is 2.92 bits per heavy atom. The molecule has 0 saturated carbocycles. The number of benzene rings is 1. The quantitative estimate of drug-likeness (QED) is 0.427. The number of nitrogens with zero attached hydrogens (tertiary/aromatic N) is 3. The Kier molecular flexibility index (Phi) is 3.57. The molecule has 4 heteroatoms. The highest BCUT2D eigenvalue weighted by molar-refractivity contribution is 5.63. The standard InChI is InChI=1S/C9H10N4/c10-7-3-5-8-4-1-2-6-9(8)12-13-11/h1-6H,7,10H2. The van der Waals surface area contributed by atoms with Crippen molar-refractivity contribution in [2.45, 2.75) is 0 Å². The van der Waals surface area contributed by atoms with Gasteiger partial charge in [-0.25, -0.2) is 0 Å². The van der Waals surface area contributed by atoms with Crippen LogP contribution in [0.2, 0.25) is 0 Å². The van der Waals surface area contributed by atoms with Gasteiger partial charge in [-0.15, -0.1) is 0 Å². The fourth-order valence-corrected chi connectivity index (χ4v) is 0.963. The molecule has 0 aliphatic rings. The molecule has 0 bridgehead atoms. The van der Waals surface area contributed by atoms with E-state index in [2.05, 4.69) is 10.0 Å². The second-order valence-electron chi connectivity index (χ2n) is 2.39. The lowest BCUT2D eigenvalue weighted by Crippen LogP contribution is -1.91. The molecule has 1 aromatic rings. The molecular weight excluding hydrogens is 164 g/mol. The van der Waals surface area contributed by atoms with Crippen LogP contribution in [0.3, 0.4) is 0 Å². The summed E-state index contributed by atoms with van der Waals surface area (Å²) in [5, 5.41) is 3.55. The first-order valence-electron chi connectivity index (χ1n) is 3.89. The van der Waals surface area contributed by atoms with Crippen LogP contribution in [-0.4, -0.2) is 6.54 Å². The third kappa shape index (κ3) is 2.63. The van der Waals surface area contributed by atoms with E-state index in [0.29, 0.717) is 12.2 Å². The van der Waals surface area contributed by atoms with E-state index in [4.69, 9.17) is 11.3 Å². The molecule has 0 radical (unpaired) electrons. The van der Waals surface area contributed by atoms with Crippen LogP contribution in [0.4, 0.5) is 5.69 Å². The summed E-state index contributed by atoms with van der Waals surface area (Å²) in [5.74, 6) is 0. The van der Waals surface area contributed by atoms with E-state index in [-0.39, 0.29) is 0 Å². The summed E-state index contributed by atoms with van der Waals surface area (Å²) in [7, 11) is 0. The van der Waals surface area contributed by atoms with Gasteiger partial charge in [0.2, 0.25) is 0 Å². The summed E-state index contributed by atoms with van der Waals surface area (Å²) in [4.78, 5) is 2.73. The lowest BCUT2D eigenvalue weighted by molar-refractivity contribution is 1.26. The van der Waals surface area contributed by atoms with Crippen molar-refractivity contribution in [2.24, 2.45) is 10.8 Å². The van der Waals surface area contributed by atoms with Crippen molar-refractivity contribution in [1.82, 2.24) is 0 Å². The van der Waals surface area contributed by atoms with Crippen LogP contribution in [0.1, 0.15) is 5.56 Å². The normalized spacial score (nSPS) is 9.92. The van der Waals surface area contributed by atoms with E-state index in [9.17, 15) is 0 Å². The fraction of sp³-hybridized carbons (Fsp3) is 0.111. The Hall–Kier alpha value is -1.77. The molecule has 0 aromatic heterocycles. The monoisotopic (exact) mass is 174 g/mol. The smallest absolute Gasteiger partial charge is 0.0447 e. The van der Waals surface area contributed by atoms with E-state index in [1.165, 1.54) is 0 Å². The minimum Gasteiger partial charge on any atom is -0.327 e. The van der Waals surface area contributed by atoms with Gasteiger partial charge < -0.3 is 5.73 Å². The highest BCUT2D eigenvalue weighted by Gasteiger charge is 1.93. The zero-order valence-corrected chi connectivity index (χ0v) is 7.09. The van der Waals surface area contributed by atoms with Crippen LogP contribution in [0.15, 0.2) is 35.5 Å². The van der Waals surface area contributed by atoms with Crippen molar-refractivity contribution in [1.29, 1.82) is 0 Å². The highest BCUT2D eigenvalue weighted by atomic mass is 15.1. The first-order chi connectivity index (χ1) is 6.38. The van der Waals surface area contributed by atoms with E-state index >= 15 is 0 Å². The summed E-state index contributed by atoms with van der Waals surface area (Å²) in [6.07, 6.45) is 3.65. The third-order valence-electron chi connectivity index (χ3n) is 1.52. The van der Waals surface area contributed by atoms with Crippen molar-refractivity contribution in [3.05, 3.63) is 46.3 Å². The predicted octanol–water partition coefficient (Wildman–Crippen LogP) is 2.60. The van der Waals surface area contributed by atoms with Gasteiger partial charge in [-0.3, -0.25) is 0 Å². The topological polar surface area (TPSA) is 74.8 Å². The molecular formula is C9H10N4. The minimum atomic E-state index is 0.477. The van der Waals surface area contributed by atoms with Gasteiger partial charge in [0.05, 0.1) is 0 Å². The molecule has 0 spiro atoms. The van der Waals surface area contributed by atoms with Gasteiger partial charge in [0, 0.05) is 17.1 Å². The molecule has 0 heterocycles. The van der Waals surface area contributed by atoms with Gasteiger partial charge >= 0.3 is 0 Å². The maximum Gasteiger partial charge on any atom is 0.0447 e. The van der Waals surface area contributed by atoms with Crippen LogP contribution in [0.5, 0.6) is 0 Å². The van der Waals surface area contributed by atoms with Crippen LogP contribution in [0.25, 0.3) is 16.5 Å². The van der Waals surface area contributed by atoms with Crippen molar-refractivity contribution in [3.63, 3.8) is 0 Å². The van der Waals surface area contributed by atoms with Crippen LogP contribution >= 0.6 is 0 Å². The molecule has 1 rings (SSSR count). The molecule has 0 saturated heterocycles. The van der Waals surface area contributed by atoms with Crippen LogP contribution < -0.4 is 5.73 Å². The Morgan fingerprint density at radius 2 is 2.23 bits per heavy atom. The largest absolute Gasteiger partial charge is 0.327 e. The number of rotatable bonds is 3. The molecule has 0 amide bonds. The minimum absolute atomic E-state index is 0.477. The van der Waals surface area contributed by atoms with Crippen LogP contribution in [-0.2, 0) is 0 Å². The molecule has 13 heavy (non-hydrogen) atoms. The number of hydrogen-bond donors (Lipinski definition) is 1. The molecule has 66 valence electrons. The summed E-state index contributed by atoms with van der Waals surface area (Å²) < 4.78 is 0. The van der Waals surface area contributed by atoms with E-state index < -0.39 is 0 Å². The Bertz CT molecular complexity index is 350. The lowest BCUT2D eigenvalue weighted by atomic mass is 10.1. The Morgan fingerprint density at radius 1 is 1.46 bits per heavy atom. The SMILES string of the molecule is [N-]=[N+]=Nc1ccccc1C=CCN. The van der Waals surface area contributed by atoms with E-state index in [1.54, 1.807) is 6.07 Å². The Balaban J connectivity index is 3.04. The zero-order valence-electron chi connectivity index (χ0n) is 7.09. The van der Waals surface area contributed by atoms with Crippen molar-refractivity contribution >= 4 is 11.8 Å². The number of hydrogen-bond acceptors (Lipinski definition) is 2. The molecule has 0 fully saturated rings. The van der Waals surface area contributed by atoms with Gasteiger partial charge in [-0.2, -0.15) is 0 Å². The molecule has 2 N–H and O–H groups in total. The third-order valence-corrected chi connectivity index (χ3v) is 1.52. The Labute approximate surface area is 76.3 Å². The van der Waals surface area contributed by atoms with E-state index in [0.717, 1.165) is 5.56 Å². The van der Waals surface area contributed by atoms with Gasteiger partial charge in [0.15, 0.2) is 0 Å².